The Morgan fingerprint density at radius 1 is 1.36 bits per heavy atom. The number of hydrogen-bond donors (Lipinski definition) is 3. The van der Waals surface area contributed by atoms with Gasteiger partial charge in [0.2, 0.25) is 11.8 Å². The third-order valence-corrected chi connectivity index (χ3v) is 5.14. The molecule has 4 rings (SSSR count). The summed E-state index contributed by atoms with van der Waals surface area (Å²) in [7, 11) is 0. The minimum Gasteiger partial charge on any atom is -0.495 e. The molecular weight excluding hydrogens is 320 g/mol. The van der Waals surface area contributed by atoms with Crippen molar-refractivity contribution in [3.05, 3.63) is 53.1 Å². The minimum atomic E-state index is -1.08. The molecule has 5 N–H and O–H groups in total. The quantitative estimate of drug-likeness (QED) is 0.778. The monoisotopic (exact) mass is 338 g/mol. The van der Waals surface area contributed by atoms with Gasteiger partial charge in [0, 0.05) is 34.8 Å². The van der Waals surface area contributed by atoms with E-state index in [-0.39, 0.29) is 12.3 Å². The number of aromatic nitrogens is 2. The van der Waals surface area contributed by atoms with Gasteiger partial charge in [-0.3, -0.25) is 9.59 Å². The van der Waals surface area contributed by atoms with Crippen molar-refractivity contribution >= 4 is 22.8 Å². The Morgan fingerprint density at radius 2 is 2.16 bits per heavy atom. The standard InChI is InChI=1S/C18H18N4O3/c1-18(17(20)24)7-9(15(19)23)6-12-13(8-25-14(12)18)10-2-4-21-16-11(10)3-5-22-16/h2-6,13H,7-8H2,1H3,(H2,19,23)(H2,20,24)(H,21,22). The zero-order valence-corrected chi connectivity index (χ0v) is 13.7. The number of carbonyl (C=O) groups is 2. The second-order valence-corrected chi connectivity index (χ2v) is 6.70. The number of allylic oxidation sites excluding steroid dienone is 1. The Bertz CT molecular complexity index is 972. The highest BCUT2D eigenvalue weighted by Crippen LogP contribution is 2.49. The number of ether oxygens (including phenoxy) is 1. The molecule has 2 aliphatic rings. The Kier molecular flexibility index (Phi) is 3.21. The van der Waals surface area contributed by atoms with Gasteiger partial charge in [-0.15, -0.1) is 0 Å². The van der Waals surface area contributed by atoms with Gasteiger partial charge in [0.15, 0.2) is 0 Å². The molecule has 0 saturated carbocycles. The molecule has 2 aromatic rings. The third kappa shape index (κ3) is 2.15. The van der Waals surface area contributed by atoms with Crippen molar-refractivity contribution in [1.82, 2.24) is 9.97 Å². The van der Waals surface area contributed by atoms with Gasteiger partial charge in [-0.1, -0.05) is 0 Å². The lowest BCUT2D eigenvalue weighted by Gasteiger charge is -2.31. The lowest BCUT2D eigenvalue weighted by Crippen LogP contribution is -2.40. The maximum Gasteiger partial charge on any atom is 0.244 e. The molecule has 1 aliphatic carbocycles. The van der Waals surface area contributed by atoms with Crippen molar-refractivity contribution in [1.29, 1.82) is 0 Å². The van der Waals surface area contributed by atoms with Crippen molar-refractivity contribution in [2.45, 2.75) is 19.3 Å². The number of nitrogens with one attached hydrogen (secondary N) is 1. The number of rotatable bonds is 3. The number of H-pyrrole nitrogens is 1. The van der Waals surface area contributed by atoms with E-state index >= 15 is 0 Å². The van der Waals surface area contributed by atoms with Crippen LogP contribution in [0, 0.1) is 5.41 Å². The largest absolute Gasteiger partial charge is 0.495 e. The van der Waals surface area contributed by atoms with Crippen LogP contribution in [0.4, 0.5) is 0 Å². The highest BCUT2D eigenvalue weighted by Gasteiger charge is 2.47. The van der Waals surface area contributed by atoms with E-state index in [2.05, 4.69) is 9.97 Å². The number of carbonyl (C=O) groups excluding carboxylic acids is 2. The second-order valence-electron chi connectivity index (χ2n) is 6.70. The lowest BCUT2D eigenvalue weighted by molar-refractivity contribution is -0.126. The summed E-state index contributed by atoms with van der Waals surface area (Å²) >= 11 is 0. The summed E-state index contributed by atoms with van der Waals surface area (Å²) in [4.78, 5) is 31.3. The Hall–Kier alpha value is -3.09. The zero-order chi connectivity index (χ0) is 17.8. The molecule has 2 unspecified atom stereocenters. The van der Waals surface area contributed by atoms with Crippen molar-refractivity contribution in [2.75, 3.05) is 6.61 Å². The summed E-state index contributed by atoms with van der Waals surface area (Å²) in [6.07, 6.45) is 5.45. The van der Waals surface area contributed by atoms with Crippen molar-refractivity contribution in [3.63, 3.8) is 0 Å². The van der Waals surface area contributed by atoms with Gasteiger partial charge in [-0.2, -0.15) is 0 Å². The predicted octanol–water partition coefficient (Wildman–Crippen LogP) is 1.24. The first-order chi connectivity index (χ1) is 11.9. The predicted molar refractivity (Wildman–Crippen MR) is 91.0 cm³/mol. The van der Waals surface area contributed by atoms with Gasteiger partial charge < -0.3 is 21.2 Å². The lowest BCUT2D eigenvalue weighted by atomic mass is 9.73. The zero-order valence-electron chi connectivity index (χ0n) is 13.7. The molecule has 0 spiro atoms. The first-order valence-electron chi connectivity index (χ1n) is 8.01. The Balaban J connectivity index is 1.90. The fourth-order valence-corrected chi connectivity index (χ4v) is 3.74. The first-order valence-corrected chi connectivity index (χ1v) is 8.01. The average molecular weight is 338 g/mol. The maximum atomic E-state index is 12.1. The fourth-order valence-electron chi connectivity index (χ4n) is 3.74. The number of amides is 2. The molecule has 3 heterocycles. The summed E-state index contributed by atoms with van der Waals surface area (Å²) in [5, 5.41) is 0.977. The van der Waals surface area contributed by atoms with Crippen LogP contribution in [0.25, 0.3) is 11.0 Å². The van der Waals surface area contributed by atoms with Gasteiger partial charge >= 0.3 is 0 Å². The summed E-state index contributed by atoms with van der Waals surface area (Å²) in [5.74, 6) is -0.666. The van der Waals surface area contributed by atoms with E-state index in [0.29, 0.717) is 17.9 Å². The van der Waals surface area contributed by atoms with E-state index in [1.165, 1.54) is 0 Å². The summed E-state index contributed by atoms with van der Waals surface area (Å²) in [5.41, 5.74) is 13.0. The summed E-state index contributed by atoms with van der Waals surface area (Å²) in [6, 6.07) is 3.87. The van der Waals surface area contributed by atoms with Crippen molar-refractivity contribution in [2.24, 2.45) is 16.9 Å². The number of aromatic amines is 1. The molecule has 2 amide bonds. The minimum absolute atomic E-state index is 0.121. The van der Waals surface area contributed by atoms with Crippen LogP contribution in [-0.4, -0.2) is 28.4 Å². The fraction of sp³-hybridized carbons (Fsp3) is 0.278. The van der Waals surface area contributed by atoms with Crippen LogP contribution in [0.1, 0.15) is 24.8 Å². The Morgan fingerprint density at radius 3 is 2.88 bits per heavy atom. The Labute approximate surface area is 143 Å². The molecule has 0 saturated heterocycles. The SMILES string of the molecule is CC1(C(N)=O)CC(C(N)=O)=CC2=C1OCC2c1ccnc2[nH]ccc12. The molecule has 0 radical (unpaired) electrons. The molecular formula is C18H18N4O3. The highest BCUT2D eigenvalue weighted by molar-refractivity contribution is 5.96. The van der Waals surface area contributed by atoms with Gasteiger partial charge in [0.1, 0.15) is 16.8 Å². The number of pyridine rings is 1. The third-order valence-electron chi connectivity index (χ3n) is 5.14. The average Bonchev–Trinajstić information content (AvgIpc) is 3.21. The summed E-state index contributed by atoms with van der Waals surface area (Å²) < 4.78 is 5.91. The normalized spacial score (nSPS) is 25.5. The smallest absolute Gasteiger partial charge is 0.244 e. The van der Waals surface area contributed by atoms with Crippen LogP contribution in [0.2, 0.25) is 0 Å². The topological polar surface area (TPSA) is 124 Å². The number of fused-ring (bicyclic) bond motifs is 1. The van der Waals surface area contributed by atoms with E-state index in [1.807, 2.05) is 18.3 Å². The second kappa shape index (κ2) is 5.20. The number of primary amides is 2. The molecule has 2 atom stereocenters. The van der Waals surface area contributed by atoms with E-state index in [4.69, 9.17) is 16.2 Å². The van der Waals surface area contributed by atoms with Gasteiger partial charge in [0.25, 0.3) is 0 Å². The van der Waals surface area contributed by atoms with Gasteiger partial charge in [-0.25, -0.2) is 4.98 Å². The van der Waals surface area contributed by atoms with Crippen LogP contribution in [-0.2, 0) is 14.3 Å². The molecule has 7 nitrogen and oxygen atoms in total. The molecule has 0 fully saturated rings. The molecule has 128 valence electrons. The van der Waals surface area contributed by atoms with Crippen molar-refractivity contribution in [3.8, 4) is 0 Å². The molecule has 0 aromatic carbocycles. The van der Waals surface area contributed by atoms with Crippen LogP contribution < -0.4 is 11.5 Å². The van der Waals surface area contributed by atoms with Crippen LogP contribution in [0.5, 0.6) is 0 Å². The molecule has 2 aromatic heterocycles. The van der Waals surface area contributed by atoms with E-state index in [1.54, 1.807) is 19.2 Å². The molecule has 7 heteroatoms. The van der Waals surface area contributed by atoms with Crippen LogP contribution in [0.3, 0.4) is 0 Å². The van der Waals surface area contributed by atoms with Crippen molar-refractivity contribution < 1.29 is 14.3 Å². The maximum absolute atomic E-state index is 12.1. The van der Waals surface area contributed by atoms with Crippen LogP contribution >= 0.6 is 0 Å². The summed E-state index contributed by atoms with van der Waals surface area (Å²) in [6.45, 7) is 2.07. The number of hydrogen-bond acceptors (Lipinski definition) is 4. The molecule has 0 bridgehead atoms. The number of nitrogens with zero attached hydrogens (tertiary/aromatic N) is 1. The van der Waals surface area contributed by atoms with E-state index < -0.39 is 17.2 Å². The first kappa shape index (κ1) is 15.4. The molecule has 1 aliphatic heterocycles. The van der Waals surface area contributed by atoms with E-state index in [0.717, 1.165) is 22.2 Å². The van der Waals surface area contributed by atoms with Gasteiger partial charge in [0.05, 0.1) is 6.61 Å². The van der Waals surface area contributed by atoms with Crippen LogP contribution in [0.15, 0.2) is 47.5 Å². The van der Waals surface area contributed by atoms with Gasteiger partial charge in [-0.05, 0) is 37.1 Å². The van der Waals surface area contributed by atoms with E-state index in [9.17, 15) is 9.59 Å². The molecule has 25 heavy (non-hydrogen) atoms. The highest BCUT2D eigenvalue weighted by atomic mass is 16.5. The number of nitrogens with two attached hydrogens (primary N) is 2.